The first-order valence-electron chi connectivity index (χ1n) is 7.46. The highest BCUT2D eigenvalue weighted by Gasteiger charge is 2.61. The van der Waals surface area contributed by atoms with Crippen molar-refractivity contribution in [2.45, 2.75) is 37.5 Å². The van der Waals surface area contributed by atoms with Gasteiger partial charge >= 0.3 is 12.1 Å². The molecule has 0 aromatic heterocycles. The van der Waals surface area contributed by atoms with Gasteiger partial charge in [-0.05, 0) is 18.4 Å². The number of nitrogens with one attached hydrogen (secondary N) is 1. The average Bonchev–Trinajstić information content (AvgIpc) is 2.51. The van der Waals surface area contributed by atoms with Crippen molar-refractivity contribution in [3.05, 3.63) is 35.9 Å². The highest BCUT2D eigenvalue weighted by atomic mass is 16.5. The Morgan fingerprint density at radius 3 is 2.82 bits per heavy atom. The number of rotatable bonds is 4. The maximum absolute atomic E-state index is 12.0. The lowest BCUT2D eigenvalue weighted by molar-refractivity contribution is -0.180. The molecular weight excluding hydrogens is 286 g/mol. The van der Waals surface area contributed by atoms with Crippen LogP contribution in [0.1, 0.15) is 24.8 Å². The van der Waals surface area contributed by atoms with E-state index in [1.54, 1.807) is 0 Å². The molecule has 1 saturated carbocycles. The minimum Gasteiger partial charge on any atom is -0.479 e. The average molecular weight is 305 g/mol. The van der Waals surface area contributed by atoms with Crippen LogP contribution in [0.2, 0.25) is 0 Å². The molecule has 118 valence electrons. The SMILES string of the molecule is O=C(N[C@@]1(C(=O)O)C[C@H]2OCCC[C@H]21)OCc1ccccc1. The maximum atomic E-state index is 12.0. The van der Waals surface area contributed by atoms with Gasteiger partial charge in [-0.3, -0.25) is 0 Å². The number of fused-ring (bicyclic) bond motifs is 1. The van der Waals surface area contributed by atoms with E-state index in [0.29, 0.717) is 13.0 Å². The Balaban J connectivity index is 1.60. The topological polar surface area (TPSA) is 84.9 Å². The molecule has 6 nitrogen and oxygen atoms in total. The summed E-state index contributed by atoms with van der Waals surface area (Å²) in [5.41, 5.74) is -0.395. The molecule has 0 bridgehead atoms. The van der Waals surface area contributed by atoms with Crippen molar-refractivity contribution < 1.29 is 24.2 Å². The Labute approximate surface area is 128 Å². The third-order valence-electron chi connectivity index (χ3n) is 4.52. The predicted octanol–water partition coefficient (Wildman–Crippen LogP) is 1.94. The molecule has 0 radical (unpaired) electrons. The number of ether oxygens (including phenoxy) is 2. The number of alkyl carbamates (subject to hydrolysis) is 1. The van der Waals surface area contributed by atoms with Gasteiger partial charge in [-0.25, -0.2) is 9.59 Å². The van der Waals surface area contributed by atoms with Gasteiger partial charge in [-0.15, -0.1) is 0 Å². The van der Waals surface area contributed by atoms with E-state index in [1.807, 2.05) is 30.3 Å². The molecule has 2 fully saturated rings. The smallest absolute Gasteiger partial charge is 0.408 e. The predicted molar refractivity (Wildman–Crippen MR) is 77.2 cm³/mol. The largest absolute Gasteiger partial charge is 0.479 e. The third-order valence-corrected chi connectivity index (χ3v) is 4.52. The van der Waals surface area contributed by atoms with Crippen LogP contribution in [0.25, 0.3) is 0 Å². The minimum absolute atomic E-state index is 0.0701. The molecule has 0 spiro atoms. The second kappa shape index (κ2) is 5.96. The van der Waals surface area contributed by atoms with Gasteiger partial charge < -0.3 is 19.9 Å². The van der Waals surface area contributed by atoms with Crippen molar-refractivity contribution in [3.8, 4) is 0 Å². The molecule has 1 saturated heterocycles. The zero-order chi connectivity index (χ0) is 15.6. The molecule has 2 N–H and O–H groups in total. The number of hydrogen-bond acceptors (Lipinski definition) is 4. The lowest BCUT2D eigenvalue weighted by Crippen LogP contribution is -2.72. The first kappa shape index (κ1) is 14.8. The Morgan fingerprint density at radius 2 is 2.14 bits per heavy atom. The van der Waals surface area contributed by atoms with E-state index < -0.39 is 17.6 Å². The number of aliphatic carboxylic acids is 1. The van der Waals surface area contributed by atoms with E-state index in [9.17, 15) is 14.7 Å². The van der Waals surface area contributed by atoms with Crippen LogP contribution in [0.15, 0.2) is 30.3 Å². The summed E-state index contributed by atoms with van der Waals surface area (Å²) < 4.78 is 10.7. The van der Waals surface area contributed by atoms with E-state index in [2.05, 4.69) is 5.32 Å². The van der Waals surface area contributed by atoms with Crippen molar-refractivity contribution in [3.63, 3.8) is 0 Å². The molecular formula is C16H19NO5. The number of carboxylic acids is 1. The number of carbonyl (C=O) groups is 2. The van der Waals surface area contributed by atoms with Crippen LogP contribution in [0.3, 0.4) is 0 Å². The fraction of sp³-hybridized carbons (Fsp3) is 0.500. The van der Waals surface area contributed by atoms with Crippen LogP contribution in [0.5, 0.6) is 0 Å². The normalized spacial score (nSPS) is 29.8. The Kier molecular flexibility index (Phi) is 4.02. The third kappa shape index (κ3) is 2.66. The second-order valence-electron chi connectivity index (χ2n) is 5.83. The van der Waals surface area contributed by atoms with Gasteiger partial charge in [0.15, 0.2) is 0 Å². The molecule has 1 heterocycles. The first-order valence-corrected chi connectivity index (χ1v) is 7.46. The zero-order valence-corrected chi connectivity index (χ0v) is 12.2. The molecule has 1 aromatic rings. The van der Waals surface area contributed by atoms with Crippen LogP contribution in [-0.2, 0) is 20.9 Å². The van der Waals surface area contributed by atoms with Crippen molar-refractivity contribution >= 4 is 12.1 Å². The van der Waals surface area contributed by atoms with Gasteiger partial charge in [0.25, 0.3) is 0 Å². The van der Waals surface area contributed by atoms with Crippen molar-refractivity contribution in [1.82, 2.24) is 5.32 Å². The molecule has 0 unspecified atom stereocenters. The van der Waals surface area contributed by atoms with Crippen LogP contribution in [0, 0.1) is 5.92 Å². The molecule has 1 aliphatic heterocycles. The number of benzene rings is 1. The summed E-state index contributed by atoms with van der Waals surface area (Å²) in [6, 6.07) is 9.26. The number of hydrogen-bond donors (Lipinski definition) is 2. The summed E-state index contributed by atoms with van der Waals surface area (Å²) in [5.74, 6) is -1.20. The minimum atomic E-state index is -1.25. The molecule has 22 heavy (non-hydrogen) atoms. The summed E-state index contributed by atoms with van der Waals surface area (Å²) >= 11 is 0. The Hall–Kier alpha value is -2.08. The highest BCUT2D eigenvalue weighted by molar-refractivity contribution is 5.86. The van der Waals surface area contributed by atoms with Crippen molar-refractivity contribution in [1.29, 1.82) is 0 Å². The van der Waals surface area contributed by atoms with E-state index in [4.69, 9.17) is 9.47 Å². The molecule has 3 rings (SSSR count). The van der Waals surface area contributed by atoms with E-state index in [-0.39, 0.29) is 18.6 Å². The Morgan fingerprint density at radius 1 is 1.36 bits per heavy atom. The lowest BCUT2D eigenvalue weighted by atomic mass is 9.61. The fourth-order valence-corrected chi connectivity index (χ4v) is 3.30. The first-order chi connectivity index (χ1) is 10.6. The van der Waals surface area contributed by atoms with Gasteiger partial charge in [-0.2, -0.15) is 0 Å². The van der Waals surface area contributed by atoms with Crippen LogP contribution in [-0.4, -0.2) is 35.4 Å². The van der Waals surface area contributed by atoms with E-state index >= 15 is 0 Å². The van der Waals surface area contributed by atoms with Gasteiger partial charge in [0.1, 0.15) is 12.1 Å². The van der Waals surface area contributed by atoms with Crippen LogP contribution >= 0.6 is 0 Å². The lowest BCUT2D eigenvalue weighted by Gasteiger charge is -2.53. The molecule has 3 atom stereocenters. The molecule has 6 heteroatoms. The van der Waals surface area contributed by atoms with Gasteiger partial charge in [0, 0.05) is 18.9 Å². The van der Waals surface area contributed by atoms with Crippen molar-refractivity contribution in [2.24, 2.45) is 5.92 Å². The van der Waals surface area contributed by atoms with Crippen LogP contribution < -0.4 is 5.32 Å². The second-order valence-corrected chi connectivity index (χ2v) is 5.83. The summed E-state index contributed by atoms with van der Waals surface area (Å²) in [6.07, 6.45) is 1.09. The molecule has 1 aromatic carbocycles. The summed E-state index contributed by atoms with van der Waals surface area (Å²) in [5, 5.41) is 12.1. The molecule has 1 amide bonds. The standard InChI is InChI=1S/C16H19NO5/c18-14(19)16(9-13-12(16)7-4-8-21-13)17-15(20)22-10-11-5-2-1-3-6-11/h1-3,5-6,12-13H,4,7-10H2,(H,17,20)(H,18,19)/t12-,13-,16+/m1/s1. The highest BCUT2D eigenvalue weighted by Crippen LogP contribution is 2.46. The van der Waals surface area contributed by atoms with Gasteiger partial charge in [0.2, 0.25) is 0 Å². The fourth-order valence-electron chi connectivity index (χ4n) is 3.30. The quantitative estimate of drug-likeness (QED) is 0.888. The zero-order valence-electron chi connectivity index (χ0n) is 12.2. The Bertz CT molecular complexity index is 561. The molecule has 1 aliphatic carbocycles. The summed E-state index contributed by atoms with van der Waals surface area (Å²) in [6.45, 7) is 0.780. The number of carbonyl (C=O) groups excluding carboxylic acids is 1. The van der Waals surface area contributed by atoms with Crippen molar-refractivity contribution in [2.75, 3.05) is 6.61 Å². The van der Waals surface area contributed by atoms with Crippen LogP contribution in [0.4, 0.5) is 4.79 Å². The van der Waals surface area contributed by atoms with Gasteiger partial charge in [-0.1, -0.05) is 30.3 Å². The number of amides is 1. The van der Waals surface area contributed by atoms with Gasteiger partial charge in [0.05, 0.1) is 6.10 Å². The van der Waals surface area contributed by atoms with E-state index in [0.717, 1.165) is 18.4 Å². The maximum Gasteiger partial charge on any atom is 0.408 e. The number of carboxylic acid groups (broad SMARTS) is 1. The summed E-state index contributed by atoms with van der Waals surface area (Å²) in [4.78, 5) is 23.6. The monoisotopic (exact) mass is 305 g/mol. The molecule has 2 aliphatic rings. The van der Waals surface area contributed by atoms with E-state index in [1.165, 1.54) is 0 Å². The summed E-state index contributed by atoms with van der Waals surface area (Å²) in [7, 11) is 0.